The summed E-state index contributed by atoms with van der Waals surface area (Å²) in [6.45, 7) is 8.80. The Kier molecular flexibility index (Phi) is 5.74. The zero-order valence-corrected chi connectivity index (χ0v) is 19.1. The van der Waals surface area contributed by atoms with Gasteiger partial charge in [-0.1, -0.05) is 20.8 Å². The maximum absolute atomic E-state index is 13.1. The van der Waals surface area contributed by atoms with Crippen LogP contribution in [0.15, 0.2) is 40.4 Å². The van der Waals surface area contributed by atoms with E-state index in [1.54, 1.807) is 12.1 Å². The van der Waals surface area contributed by atoms with Crippen LogP contribution >= 0.6 is 0 Å². The summed E-state index contributed by atoms with van der Waals surface area (Å²) in [6.07, 6.45) is 4.56. The molecule has 1 saturated heterocycles. The van der Waals surface area contributed by atoms with E-state index in [-0.39, 0.29) is 21.2 Å². The predicted molar refractivity (Wildman–Crippen MR) is 116 cm³/mol. The van der Waals surface area contributed by atoms with Gasteiger partial charge in [-0.2, -0.15) is 0 Å². The summed E-state index contributed by atoms with van der Waals surface area (Å²) in [7, 11) is -2.34. The Morgan fingerprint density at radius 2 is 1.81 bits per heavy atom. The average Bonchev–Trinajstić information content (AvgIpc) is 3.13. The number of fused-ring (bicyclic) bond motifs is 1. The van der Waals surface area contributed by atoms with Gasteiger partial charge >= 0.3 is 6.01 Å². The lowest BCUT2D eigenvalue weighted by Gasteiger charge is -2.26. The molecule has 0 atom stereocenters. The maximum Gasteiger partial charge on any atom is 0.316 e. The number of nitrogens with zero attached hydrogens (tertiary/aromatic N) is 4. The van der Waals surface area contributed by atoms with Crippen LogP contribution in [0, 0.1) is 5.92 Å². The van der Waals surface area contributed by atoms with Crippen molar-refractivity contribution in [3.05, 3.63) is 36.4 Å². The lowest BCUT2D eigenvalue weighted by molar-refractivity contribution is 0.0611. The van der Waals surface area contributed by atoms with Gasteiger partial charge in [0, 0.05) is 25.2 Å². The SMILES string of the molecule is COc1ncc(S(=O)(=O)c2ccc3c(c2)nc(C(C)(C)C)n3CC2CCOCC2)cn1. The first-order valence-electron chi connectivity index (χ1n) is 10.4. The van der Waals surface area contributed by atoms with Crippen molar-refractivity contribution in [1.29, 1.82) is 0 Å². The number of hydrogen-bond donors (Lipinski definition) is 0. The van der Waals surface area contributed by atoms with E-state index in [0.29, 0.717) is 11.4 Å². The van der Waals surface area contributed by atoms with Crippen molar-refractivity contribution >= 4 is 20.9 Å². The second-order valence-corrected chi connectivity index (χ2v) is 10.9. The Hall–Kier alpha value is -2.52. The molecule has 3 aromatic rings. The molecule has 0 radical (unpaired) electrons. The standard InChI is InChI=1S/C22H28N4O4S/c1-22(2,3)20-25-18-11-16(31(27,28)17-12-23-21(29-4)24-13-17)5-6-19(18)26(20)14-15-7-9-30-10-8-15/h5-6,11-13,15H,7-10,14H2,1-4H3. The van der Waals surface area contributed by atoms with E-state index in [1.165, 1.54) is 19.5 Å². The molecule has 1 aromatic carbocycles. The number of hydrogen-bond acceptors (Lipinski definition) is 7. The van der Waals surface area contributed by atoms with Gasteiger partial charge in [-0.15, -0.1) is 0 Å². The molecule has 1 aliphatic heterocycles. The summed E-state index contributed by atoms with van der Waals surface area (Å²) in [5.74, 6) is 1.48. The quantitative estimate of drug-likeness (QED) is 0.595. The van der Waals surface area contributed by atoms with E-state index in [2.05, 4.69) is 35.3 Å². The summed E-state index contributed by atoms with van der Waals surface area (Å²) in [4.78, 5) is 12.9. The number of aromatic nitrogens is 4. The molecule has 9 heteroatoms. The summed E-state index contributed by atoms with van der Waals surface area (Å²) in [6, 6.07) is 5.26. The Morgan fingerprint density at radius 1 is 1.13 bits per heavy atom. The molecule has 1 fully saturated rings. The van der Waals surface area contributed by atoms with Gasteiger partial charge in [0.25, 0.3) is 0 Å². The Balaban J connectivity index is 1.76. The Morgan fingerprint density at radius 3 is 2.42 bits per heavy atom. The third-order valence-corrected chi connectivity index (χ3v) is 7.29. The van der Waals surface area contributed by atoms with Gasteiger partial charge in [-0.05, 0) is 37.0 Å². The molecule has 2 aromatic heterocycles. The molecule has 1 aliphatic rings. The van der Waals surface area contributed by atoms with Crippen molar-refractivity contribution in [2.75, 3.05) is 20.3 Å². The maximum atomic E-state index is 13.1. The van der Waals surface area contributed by atoms with Gasteiger partial charge in [0.1, 0.15) is 10.7 Å². The minimum Gasteiger partial charge on any atom is -0.467 e. The first-order valence-corrected chi connectivity index (χ1v) is 11.9. The third-order valence-electron chi connectivity index (χ3n) is 5.58. The Bertz CT molecular complexity index is 1170. The fraction of sp³-hybridized carbons (Fsp3) is 0.500. The summed E-state index contributed by atoms with van der Waals surface area (Å²) < 4.78 is 38.9. The monoisotopic (exact) mass is 444 g/mol. The van der Waals surface area contributed by atoms with Crippen LogP contribution in [0.25, 0.3) is 11.0 Å². The van der Waals surface area contributed by atoms with E-state index in [9.17, 15) is 8.42 Å². The molecule has 0 N–H and O–H groups in total. The molecule has 8 nitrogen and oxygen atoms in total. The number of methoxy groups -OCH3 is 1. The second kappa shape index (κ2) is 8.20. The first-order chi connectivity index (χ1) is 14.7. The lowest BCUT2D eigenvalue weighted by Crippen LogP contribution is -2.25. The third kappa shape index (κ3) is 4.29. The van der Waals surface area contributed by atoms with Crippen LogP contribution in [-0.2, 0) is 26.5 Å². The van der Waals surface area contributed by atoms with Crippen molar-refractivity contribution in [2.24, 2.45) is 5.92 Å². The Labute approximate surface area is 182 Å². The topological polar surface area (TPSA) is 96.2 Å². The highest BCUT2D eigenvalue weighted by Gasteiger charge is 2.27. The largest absolute Gasteiger partial charge is 0.467 e. The molecule has 166 valence electrons. The highest BCUT2D eigenvalue weighted by Crippen LogP contribution is 2.31. The molecule has 3 heterocycles. The van der Waals surface area contributed by atoms with Gasteiger partial charge in [0.05, 0.1) is 35.4 Å². The normalized spacial score (nSPS) is 16.0. The van der Waals surface area contributed by atoms with Crippen LogP contribution in [0.2, 0.25) is 0 Å². The smallest absolute Gasteiger partial charge is 0.316 e. The van der Waals surface area contributed by atoms with E-state index >= 15 is 0 Å². The second-order valence-electron chi connectivity index (χ2n) is 8.91. The van der Waals surface area contributed by atoms with Crippen molar-refractivity contribution in [2.45, 2.75) is 55.4 Å². The number of benzene rings is 1. The van der Waals surface area contributed by atoms with Crippen molar-refractivity contribution in [3.8, 4) is 6.01 Å². The molecule has 4 rings (SSSR count). The van der Waals surface area contributed by atoms with E-state index < -0.39 is 9.84 Å². The van der Waals surface area contributed by atoms with Crippen molar-refractivity contribution in [3.63, 3.8) is 0 Å². The summed E-state index contributed by atoms with van der Waals surface area (Å²) in [5, 5.41) is 0. The molecule has 31 heavy (non-hydrogen) atoms. The summed E-state index contributed by atoms with van der Waals surface area (Å²) in [5.41, 5.74) is 1.45. The molecular formula is C22H28N4O4S. The molecule has 0 saturated carbocycles. The highest BCUT2D eigenvalue weighted by molar-refractivity contribution is 7.91. The van der Waals surface area contributed by atoms with Gasteiger partial charge < -0.3 is 14.0 Å². The van der Waals surface area contributed by atoms with E-state index in [0.717, 1.165) is 43.9 Å². The average molecular weight is 445 g/mol. The number of sulfone groups is 1. The number of imidazole rings is 1. The molecule has 0 unspecified atom stereocenters. The van der Waals surface area contributed by atoms with Crippen LogP contribution < -0.4 is 4.74 Å². The van der Waals surface area contributed by atoms with E-state index in [4.69, 9.17) is 14.5 Å². The fourth-order valence-corrected chi connectivity index (χ4v) is 5.08. The zero-order chi connectivity index (χ0) is 22.2. The van der Waals surface area contributed by atoms with Gasteiger partial charge in [-0.3, -0.25) is 0 Å². The molecule has 0 bridgehead atoms. The molecule has 0 spiro atoms. The van der Waals surface area contributed by atoms with Crippen LogP contribution in [0.4, 0.5) is 0 Å². The summed E-state index contributed by atoms with van der Waals surface area (Å²) >= 11 is 0. The van der Waals surface area contributed by atoms with Gasteiger partial charge in [-0.25, -0.2) is 23.4 Å². The lowest BCUT2D eigenvalue weighted by atomic mass is 9.94. The fourth-order valence-electron chi connectivity index (χ4n) is 3.91. The molecule has 0 amide bonds. The molecule has 0 aliphatic carbocycles. The highest BCUT2D eigenvalue weighted by atomic mass is 32.2. The van der Waals surface area contributed by atoms with Gasteiger partial charge in [0.2, 0.25) is 9.84 Å². The van der Waals surface area contributed by atoms with E-state index in [1.807, 2.05) is 6.07 Å². The minimum absolute atomic E-state index is 0.0188. The minimum atomic E-state index is -3.77. The van der Waals surface area contributed by atoms with Gasteiger partial charge in [0.15, 0.2) is 0 Å². The van der Waals surface area contributed by atoms with Crippen LogP contribution in [0.1, 0.15) is 39.4 Å². The predicted octanol–water partition coefficient (Wildman–Crippen LogP) is 3.39. The van der Waals surface area contributed by atoms with Crippen LogP contribution in [0.5, 0.6) is 6.01 Å². The number of ether oxygens (including phenoxy) is 2. The van der Waals surface area contributed by atoms with Crippen LogP contribution in [-0.4, -0.2) is 48.3 Å². The molecular weight excluding hydrogens is 416 g/mol. The number of rotatable bonds is 5. The van der Waals surface area contributed by atoms with Crippen molar-refractivity contribution in [1.82, 2.24) is 19.5 Å². The van der Waals surface area contributed by atoms with Crippen LogP contribution in [0.3, 0.4) is 0 Å². The zero-order valence-electron chi connectivity index (χ0n) is 18.3. The first kappa shape index (κ1) is 21.7. The van der Waals surface area contributed by atoms with Crippen molar-refractivity contribution < 1.29 is 17.9 Å².